The van der Waals surface area contributed by atoms with Gasteiger partial charge in [0.2, 0.25) is 0 Å². The predicted octanol–water partition coefficient (Wildman–Crippen LogP) is 5.43. The first-order chi connectivity index (χ1) is 17.0. The number of carbonyl (C=O) groups excluding carboxylic acids is 1. The Hall–Kier alpha value is -2.87. The number of piperidine rings is 1. The smallest absolute Gasteiger partial charge is 0.255 e. The molecule has 1 aliphatic heterocycles. The Morgan fingerprint density at radius 3 is 2.51 bits per heavy atom. The molecule has 1 aliphatic carbocycles. The van der Waals surface area contributed by atoms with Crippen molar-refractivity contribution in [3.63, 3.8) is 0 Å². The molecule has 2 aromatic carbocycles. The lowest BCUT2D eigenvalue weighted by atomic mass is 9.98. The summed E-state index contributed by atoms with van der Waals surface area (Å²) in [5, 5.41) is 19.3. The van der Waals surface area contributed by atoms with Gasteiger partial charge >= 0.3 is 0 Å². The SMILES string of the molecule is Nc1ccc(-c2cccs2)cc1NC(=O)c1ccc(NC2CCN(CC3(O)CCCC3)CC2)cc1. The first-order valence-corrected chi connectivity index (χ1v) is 13.4. The molecule has 7 heteroatoms. The van der Waals surface area contributed by atoms with E-state index < -0.39 is 5.60 Å². The van der Waals surface area contributed by atoms with Gasteiger partial charge in [-0.3, -0.25) is 4.79 Å². The van der Waals surface area contributed by atoms with Gasteiger partial charge in [0.1, 0.15) is 0 Å². The largest absolute Gasteiger partial charge is 0.397 e. The van der Waals surface area contributed by atoms with Crippen molar-refractivity contribution in [2.24, 2.45) is 0 Å². The van der Waals surface area contributed by atoms with Crippen LogP contribution in [0.3, 0.4) is 0 Å². The van der Waals surface area contributed by atoms with Crippen molar-refractivity contribution in [3.05, 3.63) is 65.5 Å². The third-order valence-corrected chi connectivity index (χ3v) is 8.18. The number of rotatable bonds is 7. The highest BCUT2D eigenvalue weighted by molar-refractivity contribution is 7.13. The molecule has 0 bridgehead atoms. The molecule has 0 radical (unpaired) electrons. The van der Waals surface area contributed by atoms with Gasteiger partial charge < -0.3 is 26.4 Å². The number of aliphatic hydroxyl groups is 1. The Morgan fingerprint density at radius 1 is 1.09 bits per heavy atom. The number of thiophene rings is 1. The number of amides is 1. The summed E-state index contributed by atoms with van der Waals surface area (Å²) in [6, 6.07) is 17.8. The van der Waals surface area contributed by atoms with Gasteiger partial charge in [-0.05, 0) is 79.1 Å². The van der Waals surface area contributed by atoms with E-state index in [1.165, 1.54) is 0 Å². The first-order valence-electron chi connectivity index (χ1n) is 12.5. The quantitative estimate of drug-likeness (QED) is 0.332. The van der Waals surface area contributed by atoms with Gasteiger partial charge in [-0.25, -0.2) is 0 Å². The van der Waals surface area contributed by atoms with Crippen molar-refractivity contribution < 1.29 is 9.90 Å². The molecule has 1 saturated carbocycles. The van der Waals surface area contributed by atoms with Crippen LogP contribution in [0.4, 0.5) is 17.1 Å². The van der Waals surface area contributed by atoms with Gasteiger partial charge in [-0.2, -0.15) is 0 Å². The van der Waals surface area contributed by atoms with E-state index in [-0.39, 0.29) is 5.91 Å². The van der Waals surface area contributed by atoms with E-state index in [2.05, 4.69) is 21.6 Å². The fourth-order valence-electron chi connectivity index (χ4n) is 5.25. The summed E-state index contributed by atoms with van der Waals surface area (Å²) >= 11 is 1.65. The van der Waals surface area contributed by atoms with Crippen LogP contribution < -0.4 is 16.4 Å². The maximum Gasteiger partial charge on any atom is 0.255 e. The van der Waals surface area contributed by atoms with E-state index in [1.54, 1.807) is 11.3 Å². The number of nitrogens with two attached hydrogens (primary N) is 1. The number of β-amino-alcohol motifs (C(OH)–C–C–N with tert-alkyl or cyclic N) is 1. The minimum absolute atomic E-state index is 0.176. The standard InChI is InChI=1S/C28H34N4O2S/c29-24-10-7-21(26-4-3-17-35-26)18-25(24)31-27(33)20-5-8-22(9-6-20)30-23-11-15-32(16-12-23)19-28(34)13-1-2-14-28/h3-10,17-18,23,30,34H,1-2,11-16,19,29H2,(H,31,33). The summed E-state index contributed by atoms with van der Waals surface area (Å²) in [6.45, 7) is 2.82. The van der Waals surface area contributed by atoms with Crippen LogP contribution in [0.1, 0.15) is 48.9 Å². The summed E-state index contributed by atoms with van der Waals surface area (Å²) in [5.74, 6) is -0.176. The van der Waals surface area contributed by atoms with Crippen molar-refractivity contribution in [2.45, 2.75) is 50.2 Å². The number of hydrogen-bond donors (Lipinski definition) is 4. The minimum atomic E-state index is -0.466. The normalized spacial score (nSPS) is 18.4. The van der Waals surface area contributed by atoms with Gasteiger partial charge in [-0.1, -0.05) is 25.0 Å². The molecule has 1 amide bonds. The molecule has 1 aromatic heterocycles. The molecule has 6 nitrogen and oxygen atoms in total. The number of carbonyl (C=O) groups is 1. The van der Waals surface area contributed by atoms with E-state index in [9.17, 15) is 9.90 Å². The molecule has 2 heterocycles. The van der Waals surface area contributed by atoms with Gasteiger partial charge in [0.25, 0.3) is 5.91 Å². The number of hydrogen-bond acceptors (Lipinski definition) is 6. The Bertz CT molecular complexity index is 1130. The topological polar surface area (TPSA) is 90.6 Å². The summed E-state index contributed by atoms with van der Waals surface area (Å²) in [5.41, 5.74) is 9.47. The molecule has 1 saturated heterocycles. The maximum atomic E-state index is 12.9. The van der Waals surface area contributed by atoms with E-state index in [1.807, 2.05) is 53.9 Å². The highest BCUT2D eigenvalue weighted by Crippen LogP contribution is 2.32. The second-order valence-electron chi connectivity index (χ2n) is 9.94. The summed E-state index contributed by atoms with van der Waals surface area (Å²) in [7, 11) is 0. The average molecular weight is 491 g/mol. The number of nitrogens with one attached hydrogen (secondary N) is 2. The number of nitrogens with zero attached hydrogens (tertiary/aromatic N) is 1. The molecule has 0 spiro atoms. The monoisotopic (exact) mass is 490 g/mol. The van der Waals surface area contributed by atoms with Crippen LogP contribution in [0.5, 0.6) is 0 Å². The number of benzene rings is 2. The van der Waals surface area contributed by atoms with Crippen molar-refractivity contribution in [1.29, 1.82) is 0 Å². The molecule has 5 rings (SSSR count). The molecule has 3 aromatic rings. The molecule has 2 aliphatic rings. The third kappa shape index (κ3) is 5.86. The Kier molecular flexibility index (Phi) is 7.09. The zero-order valence-electron chi connectivity index (χ0n) is 20.0. The van der Waals surface area contributed by atoms with Gasteiger partial charge in [0, 0.05) is 41.8 Å². The highest BCUT2D eigenvalue weighted by Gasteiger charge is 2.34. The van der Waals surface area contributed by atoms with Crippen molar-refractivity contribution in [1.82, 2.24) is 4.90 Å². The minimum Gasteiger partial charge on any atom is -0.397 e. The molecule has 2 fully saturated rings. The van der Waals surface area contributed by atoms with Crippen molar-refractivity contribution >= 4 is 34.3 Å². The van der Waals surface area contributed by atoms with E-state index in [4.69, 9.17) is 5.73 Å². The molecule has 5 N–H and O–H groups in total. The van der Waals surface area contributed by atoms with Crippen molar-refractivity contribution in [3.8, 4) is 10.4 Å². The molecule has 184 valence electrons. The number of nitrogen functional groups attached to an aromatic ring is 1. The fraction of sp³-hybridized carbons (Fsp3) is 0.393. The fourth-order valence-corrected chi connectivity index (χ4v) is 5.98. The molecule has 0 unspecified atom stereocenters. The lowest BCUT2D eigenvalue weighted by Crippen LogP contribution is -2.46. The van der Waals surface area contributed by atoms with E-state index >= 15 is 0 Å². The number of likely N-dealkylation sites (tertiary alicyclic amines) is 1. The van der Waals surface area contributed by atoms with Gasteiger partial charge in [-0.15, -0.1) is 11.3 Å². The molecular weight excluding hydrogens is 456 g/mol. The van der Waals surface area contributed by atoms with Gasteiger partial charge in [0.05, 0.1) is 17.0 Å². The lowest BCUT2D eigenvalue weighted by Gasteiger charge is -2.37. The summed E-state index contributed by atoms with van der Waals surface area (Å²) in [6.07, 6.45) is 6.29. The van der Waals surface area contributed by atoms with Crippen LogP contribution in [0.2, 0.25) is 0 Å². The van der Waals surface area contributed by atoms with E-state index in [0.717, 1.165) is 74.3 Å². The summed E-state index contributed by atoms with van der Waals surface area (Å²) < 4.78 is 0. The first kappa shape index (κ1) is 23.9. The van der Waals surface area contributed by atoms with E-state index in [0.29, 0.717) is 23.0 Å². The predicted molar refractivity (Wildman–Crippen MR) is 145 cm³/mol. The highest BCUT2D eigenvalue weighted by atomic mass is 32.1. The van der Waals surface area contributed by atoms with Crippen LogP contribution in [-0.4, -0.2) is 47.2 Å². The van der Waals surface area contributed by atoms with Gasteiger partial charge in [0.15, 0.2) is 0 Å². The Morgan fingerprint density at radius 2 is 1.83 bits per heavy atom. The van der Waals surface area contributed by atoms with Crippen LogP contribution >= 0.6 is 11.3 Å². The molecule has 0 atom stereocenters. The van der Waals surface area contributed by atoms with Crippen LogP contribution in [0.25, 0.3) is 10.4 Å². The second-order valence-corrected chi connectivity index (χ2v) is 10.9. The maximum absolute atomic E-state index is 12.9. The zero-order valence-corrected chi connectivity index (χ0v) is 20.8. The zero-order chi connectivity index (χ0) is 24.3. The Balaban J connectivity index is 1.14. The van der Waals surface area contributed by atoms with Crippen LogP contribution in [-0.2, 0) is 0 Å². The number of anilines is 3. The Labute approximate surface area is 211 Å². The molecule has 35 heavy (non-hydrogen) atoms. The van der Waals surface area contributed by atoms with Crippen LogP contribution in [0, 0.1) is 0 Å². The lowest BCUT2D eigenvalue weighted by molar-refractivity contribution is 0.00371. The second kappa shape index (κ2) is 10.4. The average Bonchev–Trinajstić information content (AvgIpc) is 3.55. The third-order valence-electron chi connectivity index (χ3n) is 7.26. The van der Waals surface area contributed by atoms with Crippen LogP contribution in [0.15, 0.2) is 60.0 Å². The summed E-state index contributed by atoms with van der Waals surface area (Å²) in [4.78, 5) is 16.4. The van der Waals surface area contributed by atoms with Crippen molar-refractivity contribution in [2.75, 3.05) is 36.0 Å². The molecular formula is C28H34N4O2S.